The highest BCUT2D eigenvalue weighted by atomic mass is 35.7. The first-order chi connectivity index (χ1) is 7.47. The summed E-state index contributed by atoms with van der Waals surface area (Å²) in [6.45, 7) is 0. The van der Waals surface area contributed by atoms with Gasteiger partial charge in [0.05, 0.1) is 4.88 Å². The molecule has 2 rings (SSSR count). The standard InChI is InChI=1S/C8H4Cl2N2O2S2/c9-7-3-1-5(11-12-7)6-2-4-8(15-6)16(10,13)14/h1-4H. The van der Waals surface area contributed by atoms with Gasteiger partial charge in [0.15, 0.2) is 5.15 Å². The minimum Gasteiger partial charge on any atom is -0.206 e. The molecule has 0 fully saturated rings. The maximum Gasteiger partial charge on any atom is 0.270 e. The third kappa shape index (κ3) is 2.52. The van der Waals surface area contributed by atoms with Gasteiger partial charge in [0.25, 0.3) is 9.05 Å². The quantitative estimate of drug-likeness (QED) is 0.799. The highest BCUT2D eigenvalue weighted by molar-refractivity contribution is 8.15. The highest BCUT2D eigenvalue weighted by Gasteiger charge is 2.14. The van der Waals surface area contributed by atoms with E-state index in [4.69, 9.17) is 22.3 Å². The minimum absolute atomic E-state index is 0.0842. The second-order valence-corrected chi connectivity index (χ2v) is 7.06. The molecule has 0 amide bonds. The molecule has 8 heteroatoms. The second-order valence-electron chi connectivity index (χ2n) is 2.80. The summed E-state index contributed by atoms with van der Waals surface area (Å²) in [5.41, 5.74) is 0.556. The normalized spacial score (nSPS) is 11.6. The van der Waals surface area contributed by atoms with Gasteiger partial charge in [-0.05, 0) is 24.3 Å². The highest BCUT2D eigenvalue weighted by Crippen LogP contribution is 2.31. The maximum absolute atomic E-state index is 11.1. The molecule has 2 aromatic heterocycles. The van der Waals surface area contributed by atoms with Crippen molar-refractivity contribution in [1.82, 2.24) is 10.2 Å². The van der Waals surface area contributed by atoms with Crippen LogP contribution in [0.25, 0.3) is 10.6 Å². The number of rotatable bonds is 2. The summed E-state index contributed by atoms with van der Waals surface area (Å²) in [6, 6.07) is 6.29. The van der Waals surface area contributed by atoms with E-state index in [2.05, 4.69) is 10.2 Å². The smallest absolute Gasteiger partial charge is 0.206 e. The molecule has 0 aliphatic rings. The lowest BCUT2D eigenvalue weighted by Crippen LogP contribution is -1.85. The fourth-order valence-electron chi connectivity index (χ4n) is 1.04. The van der Waals surface area contributed by atoms with Crippen LogP contribution in [-0.2, 0) is 9.05 Å². The van der Waals surface area contributed by atoms with Gasteiger partial charge < -0.3 is 0 Å². The summed E-state index contributed by atoms with van der Waals surface area (Å²) in [7, 11) is 1.53. The largest absolute Gasteiger partial charge is 0.270 e. The van der Waals surface area contributed by atoms with Crippen LogP contribution in [0.4, 0.5) is 0 Å². The van der Waals surface area contributed by atoms with Crippen LogP contribution in [0.15, 0.2) is 28.5 Å². The van der Waals surface area contributed by atoms with E-state index in [0.717, 1.165) is 11.3 Å². The van der Waals surface area contributed by atoms with Crippen molar-refractivity contribution in [2.45, 2.75) is 4.21 Å². The molecule has 0 aromatic carbocycles. The van der Waals surface area contributed by atoms with Gasteiger partial charge in [-0.25, -0.2) is 8.42 Å². The van der Waals surface area contributed by atoms with Crippen molar-refractivity contribution in [1.29, 1.82) is 0 Å². The first-order valence-electron chi connectivity index (χ1n) is 4.01. The van der Waals surface area contributed by atoms with E-state index in [1.54, 1.807) is 18.2 Å². The van der Waals surface area contributed by atoms with Crippen LogP contribution < -0.4 is 0 Å². The van der Waals surface area contributed by atoms with E-state index < -0.39 is 9.05 Å². The molecule has 0 atom stereocenters. The zero-order chi connectivity index (χ0) is 11.8. The van der Waals surface area contributed by atoms with Gasteiger partial charge >= 0.3 is 0 Å². The molecule has 0 N–H and O–H groups in total. The average molecular weight is 295 g/mol. The number of thiophene rings is 1. The van der Waals surface area contributed by atoms with Gasteiger partial charge in [0, 0.05) is 10.7 Å². The zero-order valence-electron chi connectivity index (χ0n) is 7.59. The molecule has 16 heavy (non-hydrogen) atoms. The average Bonchev–Trinajstić information content (AvgIpc) is 2.67. The first kappa shape index (κ1) is 11.8. The van der Waals surface area contributed by atoms with E-state index >= 15 is 0 Å². The lowest BCUT2D eigenvalue weighted by molar-refractivity contribution is 0.611. The van der Waals surface area contributed by atoms with Gasteiger partial charge in [-0.1, -0.05) is 11.6 Å². The first-order valence-corrected chi connectivity index (χ1v) is 7.51. The fraction of sp³-hybridized carbons (Fsp3) is 0. The van der Waals surface area contributed by atoms with Crippen molar-refractivity contribution in [2.24, 2.45) is 0 Å². The van der Waals surface area contributed by atoms with Gasteiger partial charge in [0.2, 0.25) is 0 Å². The number of hydrogen-bond acceptors (Lipinski definition) is 5. The van der Waals surface area contributed by atoms with Gasteiger partial charge in [-0.2, -0.15) is 0 Å². The van der Waals surface area contributed by atoms with Crippen LogP contribution in [0.3, 0.4) is 0 Å². The van der Waals surface area contributed by atoms with Crippen LogP contribution in [0, 0.1) is 0 Å². The van der Waals surface area contributed by atoms with Crippen LogP contribution in [0.2, 0.25) is 5.15 Å². The Hall–Kier alpha value is -0.690. The molecule has 2 heterocycles. The Morgan fingerprint density at radius 3 is 2.38 bits per heavy atom. The molecular formula is C8H4Cl2N2O2S2. The van der Waals surface area contributed by atoms with E-state index in [1.807, 2.05) is 0 Å². The monoisotopic (exact) mass is 294 g/mol. The van der Waals surface area contributed by atoms with Crippen LogP contribution in [0.5, 0.6) is 0 Å². The number of halogens is 2. The van der Waals surface area contributed by atoms with Crippen molar-refractivity contribution in [3.63, 3.8) is 0 Å². The van der Waals surface area contributed by atoms with E-state index in [0.29, 0.717) is 10.6 Å². The Labute approximate surface area is 105 Å². The molecular weight excluding hydrogens is 291 g/mol. The predicted octanol–water partition coefficient (Wildman–Crippen LogP) is 2.79. The van der Waals surface area contributed by atoms with Crippen molar-refractivity contribution in [3.8, 4) is 10.6 Å². The van der Waals surface area contributed by atoms with Crippen molar-refractivity contribution < 1.29 is 8.42 Å². The van der Waals surface area contributed by atoms with E-state index in [9.17, 15) is 8.42 Å². The Morgan fingerprint density at radius 2 is 1.88 bits per heavy atom. The Kier molecular flexibility index (Phi) is 3.16. The zero-order valence-corrected chi connectivity index (χ0v) is 10.7. The van der Waals surface area contributed by atoms with Gasteiger partial charge in [0.1, 0.15) is 9.90 Å². The Morgan fingerprint density at radius 1 is 1.12 bits per heavy atom. The van der Waals surface area contributed by atoms with Gasteiger partial charge in [-0.15, -0.1) is 21.5 Å². The SMILES string of the molecule is O=S(=O)(Cl)c1ccc(-c2ccc(Cl)nn2)s1. The summed E-state index contributed by atoms with van der Waals surface area (Å²) in [5, 5.41) is 7.78. The predicted molar refractivity (Wildman–Crippen MR) is 63.4 cm³/mol. The third-order valence-corrected chi connectivity index (χ3v) is 5.11. The molecule has 0 radical (unpaired) electrons. The summed E-state index contributed by atoms with van der Waals surface area (Å²) in [6.07, 6.45) is 0. The number of nitrogens with zero attached hydrogens (tertiary/aromatic N) is 2. The summed E-state index contributed by atoms with van der Waals surface area (Å²) >= 11 is 6.62. The lowest BCUT2D eigenvalue weighted by atomic mass is 10.3. The molecule has 0 aliphatic heterocycles. The van der Waals surface area contributed by atoms with Crippen molar-refractivity contribution >= 4 is 42.7 Å². The number of aromatic nitrogens is 2. The fourth-order valence-corrected chi connectivity index (χ4v) is 3.18. The molecule has 2 aromatic rings. The van der Waals surface area contributed by atoms with Crippen molar-refractivity contribution in [2.75, 3.05) is 0 Å². The van der Waals surface area contributed by atoms with Crippen LogP contribution >= 0.6 is 33.6 Å². The number of hydrogen-bond donors (Lipinski definition) is 0. The van der Waals surface area contributed by atoms with E-state index in [-0.39, 0.29) is 9.36 Å². The maximum atomic E-state index is 11.1. The Balaban J connectivity index is 2.43. The molecule has 0 bridgehead atoms. The second kappa shape index (κ2) is 4.29. The summed E-state index contributed by atoms with van der Waals surface area (Å²) in [5.74, 6) is 0. The topological polar surface area (TPSA) is 59.9 Å². The minimum atomic E-state index is -3.68. The molecule has 0 unspecified atom stereocenters. The molecule has 0 saturated carbocycles. The molecule has 0 saturated heterocycles. The summed E-state index contributed by atoms with van der Waals surface area (Å²) in [4.78, 5) is 0.670. The molecule has 4 nitrogen and oxygen atoms in total. The third-order valence-electron chi connectivity index (χ3n) is 1.71. The van der Waals surface area contributed by atoms with Crippen LogP contribution in [0.1, 0.15) is 0 Å². The summed E-state index contributed by atoms with van der Waals surface area (Å²) < 4.78 is 22.2. The van der Waals surface area contributed by atoms with Crippen LogP contribution in [-0.4, -0.2) is 18.6 Å². The van der Waals surface area contributed by atoms with Gasteiger partial charge in [-0.3, -0.25) is 0 Å². The van der Waals surface area contributed by atoms with Crippen molar-refractivity contribution in [3.05, 3.63) is 29.4 Å². The van der Waals surface area contributed by atoms with E-state index in [1.165, 1.54) is 6.07 Å². The lowest BCUT2D eigenvalue weighted by Gasteiger charge is -1.93. The molecule has 0 spiro atoms. The Bertz CT molecular complexity index is 607. The molecule has 0 aliphatic carbocycles. The molecule has 84 valence electrons.